The molecule has 10 rings (SSSR count). The van der Waals surface area contributed by atoms with Crippen molar-refractivity contribution in [1.82, 2.24) is 9.97 Å². The van der Waals surface area contributed by atoms with Crippen LogP contribution in [0.15, 0.2) is 73.1 Å². The van der Waals surface area contributed by atoms with Gasteiger partial charge < -0.3 is 9.97 Å². The quantitative estimate of drug-likeness (QED) is 0.114. The summed E-state index contributed by atoms with van der Waals surface area (Å²) in [5.41, 5.74) is 11.3. The van der Waals surface area contributed by atoms with Crippen LogP contribution in [0.3, 0.4) is 0 Å². The zero-order valence-electron chi connectivity index (χ0n) is 28.1. The number of halogens is 2. The van der Waals surface area contributed by atoms with E-state index in [0.717, 1.165) is 46.2 Å². The van der Waals surface area contributed by atoms with E-state index in [2.05, 4.69) is 132 Å². The SMILES string of the molecule is CC1(C)[C@H]2Cc3cc(-c4[c-]cccc4)ncc3[C@@H]1C2.CC1(C)[C@H]2Cc3cc(-c4[c-]cccc4)ncc3[C@@H]1C2.[C-]#[O+].[C-]#[O+].[C-]#[O+].[C-]#[O+].[Cl][Ru+].[Cl][Ru+]. The third-order valence-electron chi connectivity index (χ3n) is 10.6. The van der Waals surface area contributed by atoms with Crippen molar-refractivity contribution in [3.05, 3.63) is 134 Å². The van der Waals surface area contributed by atoms with E-state index in [1.807, 2.05) is 71.0 Å². The summed E-state index contributed by atoms with van der Waals surface area (Å²) in [6, 6.07) is 27.3. The summed E-state index contributed by atoms with van der Waals surface area (Å²) in [5.74, 6) is 3.17. The maximum absolute atomic E-state index is 7.50. The van der Waals surface area contributed by atoms with E-state index >= 15 is 0 Å². The third-order valence-corrected chi connectivity index (χ3v) is 10.6. The molecular weight excluding hydrogens is 845 g/mol. The number of aromatic nitrogens is 2. The van der Waals surface area contributed by atoms with Gasteiger partial charge in [0.1, 0.15) is 0 Å². The zero-order chi connectivity index (χ0) is 38.1. The molecule has 4 atom stereocenters. The van der Waals surface area contributed by atoms with Crippen LogP contribution in [-0.2, 0) is 66.1 Å². The molecule has 6 aliphatic rings. The number of nitrogens with zero attached hydrogens (tertiary/aromatic N) is 2. The second-order valence-corrected chi connectivity index (χ2v) is 13.1. The Labute approximate surface area is 324 Å². The van der Waals surface area contributed by atoms with Gasteiger partial charge in [0.25, 0.3) is 0 Å². The minimum atomic E-state index is 0.481. The van der Waals surface area contributed by atoms with Crippen LogP contribution in [-0.4, -0.2) is 9.97 Å². The molecule has 0 saturated heterocycles. The zero-order valence-corrected chi connectivity index (χ0v) is 33.0. The normalized spacial score (nSPS) is 20.5. The number of hydrogen-bond acceptors (Lipinski definition) is 2. The Hall–Kier alpha value is -2.47. The van der Waals surface area contributed by atoms with Crippen LogP contribution in [0.1, 0.15) is 74.6 Å². The first-order chi connectivity index (χ1) is 24.3. The Morgan fingerprint density at radius 1 is 0.620 bits per heavy atom. The van der Waals surface area contributed by atoms with Crippen LogP contribution in [0.5, 0.6) is 0 Å². The van der Waals surface area contributed by atoms with Gasteiger partial charge in [-0.3, -0.25) is 0 Å². The number of benzene rings is 2. The van der Waals surface area contributed by atoms with E-state index in [-0.39, 0.29) is 0 Å². The molecule has 6 nitrogen and oxygen atoms in total. The molecule has 2 fully saturated rings. The van der Waals surface area contributed by atoms with Crippen LogP contribution in [0.2, 0.25) is 0 Å². The molecule has 0 spiro atoms. The van der Waals surface area contributed by atoms with Crippen LogP contribution < -0.4 is 0 Å². The van der Waals surface area contributed by atoms with Gasteiger partial charge in [-0.1, -0.05) is 39.8 Å². The number of pyridine rings is 2. The monoisotopic (exact) mass is 882 g/mol. The molecule has 4 bridgehead atoms. The number of rotatable bonds is 2. The van der Waals surface area contributed by atoms with E-state index in [4.69, 9.17) is 18.6 Å². The standard InChI is InChI=1S/2C18H18N.4CO.2ClH.2Ru/c2*1-18(2)14-8-13-9-17(12-6-4-3-5-7-12)19-11-15(13)16(18)10-14;4*1-2;;;;/h2*3-6,9,11,14,16H,8,10H2,1-2H3;;;;;2*1H;;/q2*-1;;;;;;;2*+2/p-2/t2*14-,16-;;;;;;;;/m00......../s1. The van der Waals surface area contributed by atoms with Crippen LogP contribution in [0, 0.1) is 61.4 Å². The fourth-order valence-electron chi connectivity index (χ4n) is 7.71. The Bertz CT molecular complexity index is 1570. The van der Waals surface area contributed by atoms with Crippen molar-refractivity contribution < 1.29 is 53.2 Å². The summed E-state index contributed by atoms with van der Waals surface area (Å²) in [7, 11) is 9.14. The second-order valence-electron chi connectivity index (χ2n) is 13.1. The first-order valence-corrected chi connectivity index (χ1v) is 19.8. The topological polar surface area (TPSA) is 105 Å². The minimum absolute atomic E-state index is 0.481. The van der Waals surface area contributed by atoms with Crippen LogP contribution in [0.4, 0.5) is 0 Å². The van der Waals surface area contributed by atoms with E-state index < -0.39 is 0 Å². The molecule has 10 heteroatoms. The summed E-state index contributed by atoms with van der Waals surface area (Å²) in [6.07, 6.45) is 9.40. The van der Waals surface area contributed by atoms with Gasteiger partial charge in [-0.15, -0.1) is 71.8 Å². The molecule has 2 saturated carbocycles. The van der Waals surface area contributed by atoms with E-state index in [0.29, 0.717) is 10.8 Å². The van der Waals surface area contributed by atoms with Crippen molar-refractivity contribution in [3.8, 4) is 22.5 Å². The van der Waals surface area contributed by atoms with Crippen LogP contribution in [0.25, 0.3) is 22.5 Å². The molecule has 2 aromatic heterocycles. The molecule has 2 heterocycles. The maximum atomic E-state index is 7.50. The van der Waals surface area contributed by atoms with Gasteiger partial charge in [0.2, 0.25) is 0 Å². The van der Waals surface area contributed by atoms with Crippen LogP contribution >= 0.6 is 19.4 Å². The molecule has 4 aromatic rings. The van der Waals surface area contributed by atoms with Crippen molar-refractivity contribution in [3.63, 3.8) is 0 Å². The molecule has 0 radical (unpaired) electrons. The van der Waals surface area contributed by atoms with Gasteiger partial charge >= 0.3 is 99.2 Å². The average molecular weight is 882 g/mol. The van der Waals surface area contributed by atoms with E-state index in [1.165, 1.54) is 47.9 Å². The summed E-state index contributed by atoms with van der Waals surface area (Å²) in [6.45, 7) is 27.6. The molecular formula is C40H36Cl2N2O4Ru2. The Balaban J connectivity index is 0.000000386. The summed E-state index contributed by atoms with van der Waals surface area (Å²) in [5, 5.41) is 0. The van der Waals surface area contributed by atoms with Gasteiger partial charge in [0.05, 0.1) is 0 Å². The number of hydrogen-bond donors (Lipinski definition) is 0. The molecule has 0 amide bonds. The third kappa shape index (κ3) is 9.89. The van der Waals surface area contributed by atoms with E-state index in [1.54, 1.807) is 0 Å². The fraction of sp³-hybridized carbons (Fsp3) is 0.350. The molecule has 2 aromatic carbocycles. The summed E-state index contributed by atoms with van der Waals surface area (Å²) in [4.78, 5) is 9.34. The Morgan fingerprint density at radius 2 is 0.960 bits per heavy atom. The molecule has 0 aliphatic heterocycles. The second kappa shape index (κ2) is 22.5. The van der Waals surface area contributed by atoms with E-state index in [9.17, 15) is 0 Å². The van der Waals surface area contributed by atoms with Crippen molar-refractivity contribution in [2.24, 2.45) is 22.7 Å². The molecule has 50 heavy (non-hydrogen) atoms. The van der Waals surface area contributed by atoms with Crippen molar-refractivity contribution >= 4 is 19.4 Å². The molecule has 260 valence electrons. The summed E-state index contributed by atoms with van der Waals surface area (Å²) < 4.78 is 30.0. The first kappa shape index (κ1) is 45.5. The first-order valence-electron chi connectivity index (χ1n) is 15.3. The van der Waals surface area contributed by atoms with Crippen molar-refractivity contribution in [1.29, 1.82) is 0 Å². The van der Waals surface area contributed by atoms with Gasteiger partial charge in [0, 0.05) is 12.4 Å². The van der Waals surface area contributed by atoms with Gasteiger partial charge in [-0.05, 0) is 93.8 Å². The Morgan fingerprint density at radius 3 is 1.24 bits per heavy atom. The fourth-order valence-corrected chi connectivity index (χ4v) is 7.71. The van der Waals surface area contributed by atoms with Gasteiger partial charge in [0.15, 0.2) is 0 Å². The van der Waals surface area contributed by atoms with Gasteiger partial charge in [-0.2, -0.15) is 0 Å². The summed E-state index contributed by atoms with van der Waals surface area (Å²) >= 11 is 3.64. The average Bonchev–Trinajstić information content (AvgIpc) is 3.22. The van der Waals surface area contributed by atoms with Gasteiger partial charge in [-0.25, -0.2) is 0 Å². The van der Waals surface area contributed by atoms with Crippen molar-refractivity contribution in [2.45, 2.75) is 65.2 Å². The molecule has 0 unspecified atom stereocenters. The Kier molecular flexibility index (Phi) is 20.5. The predicted molar refractivity (Wildman–Crippen MR) is 181 cm³/mol. The molecule has 0 N–H and O–H groups in total. The van der Waals surface area contributed by atoms with Crippen molar-refractivity contribution in [2.75, 3.05) is 0 Å². The predicted octanol–water partition coefficient (Wildman–Crippen LogP) is 9.69. The molecule has 6 aliphatic carbocycles.